The summed E-state index contributed by atoms with van der Waals surface area (Å²) in [6.45, 7) is 2.25. The maximum absolute atomic E-state index is 13.1. The Labute approximate surface area is 166 Å². The number of nitrogens with zero attached hydrogens (tertiary/aromatic N) is 1. The third kappa shape index (κ3) is 5.32. The third-order valence-electron chi connectivity index (χ3n) is 5.79. The number of carbonyl (C=O) groups is 2. The minimum atomic E-state index is -3.07. The minimum absolute atomic E-state index is 0.0162. The monoisotopic (exact) mass is 409 g/mol. The van der Waals surface area contributed by atoms with Crippen LogP contribution in [0.2, 0.25) is 0 Å². The summed E-state index contributed by atoms with van der Waals surface area (Å²) in [5.74, 6) is -0.0761. The maximum atomic E-state index is 13.1. The van der Waals surface area contributed by atoms with Crippen LogP contribution in [0.3, 0.4) is 0 Å². The van der Waals surface area contributed by atoms with Crippen LogP contribution in [0, 0.1) is 5.92 Å². The second-order valence-corrected chi connectivity index (χ2v) is 10.0. The van der Waals surface area contributed by atoms with Crippen molar-refractivity contribution < 1.29 is 27.6 Å². The molecule has 8 heteroatoms. The zero-order valence-corrected chi connectivity index (χ0v) is 17.1. The molecule has 2 aliphatic rings. The standard InChI is InChI=1S/C20H28N2O5S/c1-27-20(24)17-7-10-21(11-8-17)14-19(23)22(13-16-5-3-2-4-6-16)18-9-12-28(25,26)15-18/h2-6,17-18H,7-15H2,1H3/p+1/t18-/m1/s1. The fourth-order valence-corrected chi connectivity index (χ4v) is 5.87. The summed E-state index contributed by atoms with van der Waals surface area (Å²) >= 11 is 0. The van der Waals surface area contributed by atoms with Gasteiger partial charge in [0.15, 0.2) is 16.4 Å². The zero-order valence-electron chi connectivity index (χ0n) is 16.3. The number of methoxy groups -OCH3 is 1. The largest absolute Gasteiger partial charge is 0.469 e. The number of carbonyl (C=O) groups excluding carboxylic acids is 2. The van der Waals surface area contributed by atoms with Gasteiger partial charge in [0.2, 0.25) is 0 Å². The summed E-state index contributed by atoms with van der Waals surface area (Å²) < 4.78 is 28.7. The summed E-state index contributed by atoms with van der Waals surface area (Å²) in [6, 6.07) is 9.42. The molecule has 0 saturated carbocycles. The Morgan fingerprint density at radius 2 is 1.82 bits per heavy atom. The first-order chi connectivity index (χ1) is 13.4. The number of hydrogen-bond donors (Lipinski definition) is 1. The number of amides is 1. The predicted molar refractivity (Wildman–Crippen MR) is 104 cm³/mol. The molecule has 154 valence electrons. The molecule has 1 amide bonds. The van der Waals surface area contributed by atoms with E-state index in [9.17, 15) is 18.0 Å². The number of nitrogens with one attached hydrogen (secondary N) is 1. The van der Waals surface area contributed by atoms with Gasteiger partial charge in [-0.2, -0.15) is 0 Å². The third-order valence-corrected chi connectivity index (χ3v) is 7.54. The lowest BCUT2D eigenvalue weighted by Crippen LogP contribution is -3.14. The van der Waals surface area contributed by atoms with E-state index in [2.05, 4.69) is 0 Å². The number of likely N-dealkylation sites (tertiary alicyclic amines) is 1. The zero-order chi connectivity index (χ0) is 20.1. The van der Waals surface area contributed by atoms with E-state index in [1.165, 1.54) is 7.11 Å². The Hall–Kier alpha value is -1.93. The van der Waals surface area contributed by atoms with Crippen LogP contribution in [0.25, 0.3) is 0 Å². The van der Waals surface area contributed by atoms with Crippen molar-refractivity contribution in [1.82, 2.24) is 4.90 Å². The quantitative estimate of drug-likeness (QED) is 0.651. The summed E-state index contributed by atoms with van der Waals surface area (Å²) in [5, 5.41) is 0. The highest BCUT2D eigenvalue weighted by molar-refractivity contribution is 7.91. The molecule has 2 saturated heterocycles. The van der Waals surface area contributed by atoms with Crippen LogP contribution < -0.4 is 4.90 Å². The predicted octanol–water partition coefficient (Wildman–Crippen LogP) is -0.330. The first-order valence-corrected chi connectivity index (χ1v) is 11.7. The molecule has 0 aliphatic carbocycles. The highest BCUT2D eigenvalue weighted by Crippen LogP contribution is 2.20. The molecule has 1 aromatic rings. The number of hydrogen-bond acceptors (Lipinski definition) is 5. The van der Waals surface area contributed by atoms with Gasteiger partial charge >= 0.3 is 5.97 Å². The second kappa shape index (κ2) is 9.05. The van der Waals surface area contributed by atoms with Crippen LogP contribution in [0.15, 0.2) is 30.3 Å². The van der Waals surface area contributed by atoms with Gasteiger partial charge in [0.1, 0.15) is 0 Å². The number of sulfone groups is 1. The van der Waals surface area contributed by atoms with Crippen molar-refractivity contribution in [1.29, 1.82) is 0 Å². The fraction of sp³-hybridized carbons (Fsp3) is 0.600. The first kappa shape index (κ1) is 20.8. The van der Waals surface area contributed by atoms with Gasteiger partial charge in [-0.25, -0.2) is 8.42 Å². The molecule has 1 atom stereocenters. The van der Waals surface area contributed by atoms with Crippen LogP contribution >= 0.6 is 0 Å². The number of piperidine rings is 1. The molecule has 0 radical (unpaired) electrons. The average molecular weight is 410 g/mol. The van der Waals surface area contributed by atoms with Crippen LogP contribution in [0.1, 0.15) is 24.8 Å². The van der Waals surface area contributed by atoms with E-state index in [0.717, 1.165) is 23.6 Å². The van der Waals surface area contributed by atoms with Crippen molar-refractivity contribution in [3.63, 3.8) is 0 Å². The number of quaternary nitrogens is 1. The molecule has 1 aromatic carbocycles. The Balaban J connectivity index is 1.64. The van der Waals surface area contributed by atoms with Gasteiger partial charge in [-0.05, 0) is 12.0 Å². The van der Waals surface area contributed by atoms with E-state index in [1.54, 1.807) is 4.90 Å². The topological polar surface area (TPSA) is 85.2 Å². The molecule has 0 unspecified atom stereocenters. The molecule has 1 N–H and O–H groups in total. The van der Waals surface area contributed by atoms with E-state index >= 15 is 0 Å². The normalized spacial score (nSPS) is 26.5. The average Bonchev–Trinajstić information content (AvgIpc) is 3.06. The van der Waals surface area contributed by atoms with Gasteiger partial charge in [-0.15, -0.1) is 0 Å². The lowest BCUT2D eigenvalue weighted by atomic mass is 9.97. The summed E-state index contributed by atoms with van der Waals surface area (Å²) in [4.78, 5) is 27.7. The SMILES string of the molecule is COC(=O)C1CC[NH+](CC(=O)N(Cc2ccccc2)[C@@H]2CCS(=O)(=O)C2)CC1. The number of ether oxygens (including phenoxy) is 1. The van der Waals surface area contributed by atoms with Gasteiger partial charge in [0, 0.05) is 25.4 Å². The van der Waals surface area contributed by atoms with Crippen molar-refractivity contribution in [3.8, 4) is 0 Å². The summed E-state index contributed by atoms with van der Waals surface area (Å²) in [6.07, 6.45) is 1.93. The highest BCUT2D eigenvalue weighted by Gasteiger charge is 2.36. The van der Waals surface area contributed by atoms with E-state index in [0.29, 0.717) is 32.4 Å². The molecule has 0 aromatic heterocycles. The minimum Gasteiger partial charge on any atom is -0.469 e. The molecular formula is C20H29N2O5S+. The Bertz CT molecular complexity index is 788. The van der Waals surface area contributed by atoms with Crippen LogP contribution in [0.4, 0.5) is 0 Å². The molecule has 2 aliphatic heterocycles. The van der Waals surface area contributed by atoms with Crippen molar-refractivity contribution in [2.24, 2.45) is 5.92 Å². The Morgan fingerprint density at radius 1 is 1.14 bits per heavy atom. The molecule has 3 rings (SSSR count). The van der Waals surface area contributed by atoms with E-state index in [4.69, 9.17) is 4.74 Å². The number of benzene rings is 1. The van der Waals surface area contributed by atoms with Gasteiger partial charge in [-0.1, -0.05) is 30.3 Å². The van der Waals surface area contributed by atoms with Gasteiger partial charge < -0.3 is 14.5 Å². The summed E-state index contributed by atoms with van der Waals surface area (Å²) in [5.41, 5.74) is 1.000. The van der Waals surface area contributed by atoms with Crippen LogP contribution in [-0.4, -0.2) is 69.5 Å². The van der Waals surface area contributed by atoms with Gasteiger partial charge in [-0.3, -0.25) is 9.59 Å². The number of rotatable bonds is 6. The Kier molecular flexibility index (Phi) is 6.72. The lowest BCUT2D eigenvalue weighted by molar-refractivity contribution is -0.898. The summed E-state index contributed by atoms with van der Waals surface area (Å²) in [7, 11) is -1.67. The molecule has 2 heterocycles. The molecule has 0 spiro atoms. The van der Waals surface area contributed by atoms with E-state index in [1.807, 2.05) is 30.3 Å². The van der Waals surface area contributed by atoms with Crippen molar-refractivity contribution >= 4 is 21.7 Å². The fourth-order valence-electron chi connectivity index (χ4n) is 4.14. The lowest BCUT2D eigenvalue weighted by Gasteiger charge is -2.32. The van der Waals surface area contributed by atoms with Crippen LogP contribution in [0.5, 0.6) is 0 Å². The maximum Gasteiger partial charge on any atom is 0.309 e. The van der Waals surface area contributed by atoms with Crippen LogP contribution in [-0.2, 0) is 30.7 Å². The molecule has 2 fully saturated rings. The Morgan fingerprint density at radius 3 is 2.39 bits per heavy atom. The number of esters is 1. The molecular weight excluding hydrogens is 380 g/mol. The van der Waals surface area contributed by atoms with Crippen molar-refractivity contribution in [2.75, 3.05) is 38.2 Å². The van der Waals surface area contributed by atoms with Gasteiger partial charge in [0.25, 0.3) is 5.91 Å². The first-order valence-electron chi connectivity index (χ1n) is 9.83. The second-order valence-electron chi connectivity index (χ2n) is 7.79. The molecule has 0 bridgehead atoms. The van der Waals surface area contributed by atoms with Crippen molar-refractivity contribution in [2.45, 2.75) is 31.8 Å². The molecule has 28 heavy (non-hydrogen) atoms. The van der Waals surface area contributed by atoms with Crippen molar-refractivity contribution in [3.05, 3.63) is 35.9 Å². The van der Waals surface area contributed by atoms with Gasteiger partial charge in [0.05, 0.1) is 37.6 Å². The van der Waals surface area contributed by atoms with E-state index in [-0.39, 0.29) is 35.3 Å². The molecule has 7 nitrogen and oxygen atoms in total. The smallest absolute Gasteiger partial charge is 0.309 e. The highest BCUT2D eigenvalue weighted by atomic mass is 32.2. The van der Waals surface area contributed by atoms with E-state index < -0.39 is 9.84 Å².